The van der Waals surface area contributed by atoms with Crippen LogP contribution < -0.4 is 5.32 Å². The van der Waals surface area contributed by atoms with E-state index < -0.39 is 0 Å². The smallest absolute Gasteiger partial charge is 0.407 e. The number of nitrogens with zero attached hydrogens (tertiary/aromatic N) is 3. The number of ether oxygens (including phenoxy) is 1. The standard InChI is InChI=1S/C13H22N4O3/c1-3-11-15-12(20-16-11)9-17-7-5-6-10(8-17)14-13(18)19-4-2/h10H,3-9H2,1-2H3,(H,14,18). The summed E-state index contributed by atoms with van der Waals surface area (Å²) in [6, 6.07) is 0.122. The number of carbonyl (C=O) groups excluding carboxylic acids is 1. The lowest BCUT2D eigenvalue weighted by Crippen LogP contribution is -2.47. The number of hydrogen-bond acceptors (Lipinski definition) is 6. The molecule has 0 aromatic carbocycles. The van der Waals surface area contributed by atoms with E-state index in [4.69, 9.17) is 9.26 Å². The zero-order chi connectivity index (χ0) is 14.4. The summed E-state index contributed by atoms with van der Waals surface area (Å²) in [6.07, 6.45) is 2.44. The Kier molecular flexibility index (Phi) is 5.34. The van der Waals surface area contributed by atoms with Gasteiger partial charge >= 0.3 is 6.09 Å². The topological polar surface area (TPSA) is 80.5 Å². The van der Waals surface area contributed by atoms with Crippen molar-refractivity contribution in [2.75, 3.05) is 19.7 Å². The van der Waals surface area contributed by atoms with Crippen molar-refractivity contribution in [3.8, 4) is 0 Å². The second kappa shape index (κ2) is 7.23. The quantitative estimate of drug-likeness (QED) is 0.878. The van der Waals surface area contributed by atoms with Gasteiger partial charge in [0.25, 0.3) is 0 Å². The fourth-order valence-electron chi connectivity index (χ4n) is 2.35. The van der Waals surface area contributed by atoms with Crippen LogP contribution >= 0.6 is 0 Å². The number of aromatic nitrogens is 2. The van der Waals surface area contributed by atoms with Crippen LogP contribution in [0.1, 0.15) is 38.4 Å². The number of aryl methyl sites for hydroxylation is 1. The minimum atomic E-state index is -0.342. The number of carbonyl (C=O) groups is 1. The van der Waals surface area contributed by atoms with Crippen molar-refractivity contribution in [2.45, 2.75) is 45.7 Å². The van der Waals surface area contributed by atoms with Gasteiger partial charge in [0.1, 0.15) is 0 Å². The van der Waals surface area contributed by atoms with Crippen molar-refractivity contribution in [3.63, 3.8) is 0 Å². The summed E-state index contributed by atoms with van der Waals surface area (Å²) in [7, 11) is 0. The molecule has 7 nitrogen and oxygen atoms in total. The van der Waals surface area contributed by atoms with Crippen molar-refractivity contribution in [3.05, 3.63) is 11.7 Å². The molecule has 1 atom stereocenters. The lowest BCUT2D eigenvalue weighted by molar-refractivity contribution is 0.128. The first-order valence-corrected chi connectivity index (χ1v) is 7.18. The molecule has 1 N–H and O–H groups in total. The molecule has 112 valence electrons. The molecular formula is C13H22N4O3. The molecule has 1 saturated heterocycles. The summed E-state index contributed by atoms with van der Waals surface area (Å²) in [5.41, 5.74) is 0. The van der Waals surface area contributed by atoms with Crippen LogP contribution in [0, 0.1) is 0 Å². The molecular weight excluding hydrogens is 260 g/mol. The number of piperidine rings is 1. The van der Waals surface area contributed by atoms with Crippen LogP contribution in [0.2, 0.25) is 0 Å². The Morgan fingerprint density at radius 3 is 3.10 bits per heavy atom. The van der Waals surface area contributed by atoms with Crippen LogP contribution in [-0.4, -0.2) is 46.9 Å². The zero-order valence-corrected chi connectivity index (χ0v) is 12.1. The summed E-state index contributed by atoms with van der Waals surface area (Å²) >= 11 is 0. The monoisotopic (exact) mass is 282 g/mol. The van der Waals surface area contributed by atoms with Gasteiger partial charge in [0, 0.05) is 19.0 Å². The second-order valence-corrected chi connectivity index (χ2v) is 4.90. The fraction of sp³-hybridized carbons (Fsp3) is 0.769. The average molecular weight is 282 g/mol. The van der Waals surface area contributed by atoms with E-state index >= 15 is 0 Å². The van der Waals surface area contributed by atoms with Crippen LogP contribution in [0.15, 0.2) is 4.52 Å². The molecule has 0 saturated carbocycles. The Balaban J connectivity index is 1.82. The third-order valence-electron chi connectivity index (χ3n) is 3.29. The molecule has 2 rings (SSSR count). The van der Waals surface area contributed by atoms with E-state index in [-0.39, 0.29) is 12.1 Å². The van der Waals surface area contributed by atoms with Crippen LogP contribution in [0.25, 0.3) is 0 Å². The third-order valence-corrected chi connectivity index (χ3v) is 3.29. The number of amides is 1. The maximum atomic E-state index is 11.4. The van der Waals surface area contributed by atoms with Crippen molar-refractivity contribution >= 4 is 6.09 Å². The van der Waals surface area contributed by atoms with Crippen molar-refractivity contribution in [1.82, 2.24) is 20.4 Å². The van der Waals surface area contributed by atoms with Crippen LogP contribution in [-0.2, 0) is 17.7 Å². The fourth-order valence-corrected chi connectivity index (χ4v) is 2.35. The van der Waals surface area contributed by atoms with E-state index in [2.05, 4.69) is 20.4 Å². The van der Waals surface area contributed by atoms with Gasteiger partial charge in [-0.2, -0.15) is 4.98 Å². The molecule has 1 aromatic heterocycles. The Labute approximate surface area is 118 Å². The van der Waals surface area contributed by atoms with E-state index in [1.54, 1.807) is 6.92 Å². The van der Waals surface area contributed by atoms with Gasteiger partial charge in [0.15, 0.2) is 5.82 Å². The van der Waals surface area contributed by atoms with Crippen LogP contribution in [0.5, 0.6) is 0 Å². The molecule has 1 aliphatic rings. The predicted octanol–water partition coefficient (Wildman–Crippen LogP) is 1.34. The number of alkyl carbamates (subject to hydrolysis) is 1. The van der Waals surface area contributed by atoms with Crippen molar-refractivity contribution < 1.29 is 14.1 Å². The highest BCUT2D eigenvalue weighted by Gasteiger charge is 2.23. The first-order valence-electron chi connectivity index (χ1n) is 7.18. The van der Waals surface area contributed by atoms with E-state index in [0.29, 0.717) is 19.0 Å². The van der Waals surface area contributed by atoms with Gasteiger partial charge in [0.05, 0.1) is 13.2 Å². The summed E-state index contributed by atoms with van der Waals surface area (Å²) in [5, 5.41) is 6.77. The Morgan fingerprint density at radius 1 is 1.55 bits per heavy atom. The molecule has 20 heavy (non-hydrogen) atoms. The molecule has 7 heteroatoms. The summed E-state index contributed by atoms with van der Waals surface area (Å²) < 4.78 is 10.1. The minimum Gasteiger partial charge on any atom is -0.450 e. The van der Waals surface area contributed by atoms with Crippen LogP contribution in [0.3, 0.4) is 0 Å². The normalized spacial score (nSPS) is 19.8. The molecule has 0 spiro atoms. The average Bonchev–Trinajstić information content (AvgIpc) is 2.87. The zero-order valence-electron chi connectivity index (χ0n) is 12.1. The first kappa shape index (κ1) is 14.8. The number of nitrogens with one attached hydrogen (secondary N) is 1. The molecule has 1 unspecified atom stereocenters. The maximum Gasteiger partial charge on any atom is 0.407 e. The van der Waals surface area contributed by atoms with Crippen molar-refractivity contribution in [1.29, 1.82) is 0 Å². The lowest BCUT2D eigenvalue weighted by atomic mass is 10.1. The highest BCUT2D eigenvalue weighted by molar-refractivity contribution is 5.67. The Hall–Kier alpha value is -1.63. The third kappa shape index (κ3) is 4.19. The van der Waals surface area contributed by atoms with Gasteiger partial charge < -0.3 is 14.6 Å². The summed E-state index contributed by atoms with van der Waals surface area (Å²) in [4.78, 5) is 17.9. The second-order valence-electron chi connectivity index (χ2n) is 4.90. The SMILES string of the molecule is CCOC(=O)NC1CCCN(Cc2nc(CC)no2)C1. The highest BCUT2D eigenvalue weighted by atomic mass is 16.5. The predicted molar refractivity (Wildman–Crippen MR) is 72.1 cm³/mol. The summed E-state index contributed by atoms with van der Waals surface area (Å²) in [6.45, 7) is 6.58. The minimum absolute atomic E-state index is 0.122. The Morgan fingerprint density at radius 2 is 2.40 bits per heavy atom. The van der Waals surface area contributed by atoms with Gasteiger partial charge in [-0.25, -0.2) is 4.79 Å². The largest absolute Gasteiger partial charge is 0.450 e. The lowest BCUT2D eigenvalue weighted by Gasteiger charge is -2.31. The van der Waals surface area contributed by atoms with Crippen molar-refractivity contribution in [2.24, 2.45) is 0 Å². The molecule has 0 radical (unpaired) electrons. The van der Waals surface area contributed by atoms with Gasteiger partial charge in [-0.05, 0) is 26.3 Å². The molecule has 0 aliphatic carbocycles. The van der Waals surface area contributed by atoms with E-state index in [1.165, 1.54) is 0 Å². The van der Waals surface area contributed by atoms with Gasteiger partial charge in [-0.1, -0.05) is 12.1 Å². The highest BCUT2D eigenvalue weighted by Crippen LogP contribution is 2.13. The number of rotatable bonds is 5. The van der Waals surface area contributed by atoms with Gasteiger partial charge in [-0.3, -0.25) is 4.90 Å². The number of hydrogen-bond donors (Lipinski definition) is 1. The molecule has 1 aliphatic heterocycles. The van der Waals surface area contributed by atoms with Gasteiger partial charge in [-0.15, -0.1) is 0 Å². The Bertz CT molecular complexity index is 435. The summed E-state index contributed by atoms with van der Waals surface area (Å²) in [5.74, 6) is 1.37. The molecule has 1 amide bonds. The maximum absolute atomic E-state index is 11.4. The van der Waals surface area contributed by atoms with E-state index in [0.717, 1.165) is 38.2 Å². The van der Waals surface area contributed by atoms with Gasteiger partial charge in [0.2, 0.25) is 5.89 Å². The van der Waals surface area contributed by atoms with E-state index in [1.807, 2.05) is 6.92 Å². The molecule has 1 fully saturated rings. The molecule has 1 aromatic rings. The first-order chi connectivity index (χ1) is 9.71. The van der Waals surface area contributed by atoms with E-state index in [9.17, 15) is 4.79 Å². The molecule has 0 bridgehead atoms. The van der Waals surface area contributed by atoms with Crippen LogP contribution in [0.4, 0.5) is 4.79 Å². The number of likely N-dealkylation sites (tertiary alicyclic amines) is 1. The molecule has 2 heterocycles.